The molecule has 20 heavy (non-hydrogen) atoms. The highest BCUT2D eigenvalue weighted by molar-refractivity contribution is 6.08. The second kappa shape index (κ2) is 4.70. The Balaban J connectivity index is 1.91. The van der Waals surface area contributed by atoms with Gasteiger partial charge in [0.25, 0.3) is 5.91 Å². The summed E-state index contributed by atoms with van der Waals surface area (Å²) < 4.78 is 0. The average Bonchev–Trinajstić information content (AvgIpc) is 2.78. The summed E-state index contributed by atoms with van der Waals surface area (Å²) in [6.07, 6.45) is 0. The quantitative estimate of drug-likeness (QED) is 0.666. The van der Waals surface area contributed by atoms with E-state index in [0.29, 0.717) is 11.3 Å². The van der Waals surface area contributed by atoms with Gasteiger partial charge in [-0.3, -0.25) is 9.89 Å². The van der Waals surface area contributed by atoms with Gasteiger partial charge in [0, 0.05) is 11.4 Å². The Hall–Kier alpha value is -2.82. The lowest BCUT2D eigenvalue weighted by atomic mass is 10.1. The largest absolute Gasteiger partial charge is 0.382 e. The molecular weight excluding hydrogens is 252 g/mol. The van der Waals surface area contributed by atoms with Gasteiger partial charge in [-0.2, -0.15) is 5.10 Å². The van der Waals surface area contributed by atoms with Crippen molar-refractivity contribution in [1.82, 2.24) is 10.2 Å². The first-order valence-electron chi connectivity index (χ1n) is 6.26. The topological polar surface area (TPSA) is 83.8 Å². The summed E-state index contributed by atoms with van der Waals surface area (Å²) in [4.78, 5) is 12.2. The van der Waals surface area contributed by atoms with Gasteiger partial charge >= 0.3 is 0 Å². The SMILES string of the molecule is Cc1[nH]nc(N)c1C(=O)Nc1ccc2ccccc2c1. The second-order valence-corrected chi connectivity index (χ2v) is 4.62. The number of benzene rings is 2. The van der Waals surface area contributed by atoms with Crippen molar-refractivity contribution in [3.63, 3.8) is 0 Å². The number of nitrogens with one attached hydrogen (secondary N) is 2. The molecule has 0 aliphatic heterocycles. The van der Waals surface area contributed by atoms with Gasteiger partial charge in [0.15, 0.2) is 5.82 Å². The molecule has 2 aromatic carbocycles. The van der Waals surface area contributed by atoms with Crippen LogP contribution in [0.1, 0.15) is 16.1 Å². The fourth-order valence-electron chi connectivity index (χ4n) is 2.20. The lowest BCUT2D eigenvalue weighted by molar-refractivity contribution is 0.102. The fourth-order valence-corrected chi connectivity index (χ4v) is 2.20. The molecule has 0 fully saturated rings. The lowest BCUT2D eigenvalue weighted by Gasteiger charge is -2.06. The number of nitrogens with two attached hydrogens (primary N) is 1. The number of amides is 1. The van der Waals surface area contributed by atoms with Crippen LogP contribution in [0, 0.1) is 6.92 Å². The molecule has 5 heteroatoms. The highest BCUT2D eigenvalue weighted by Crippen LogP contribution is 2.20. The van der Waals surface area contributed by atoms with Crippen molar-refractivity contribution in [1.29, 1.82) is 0 Å². The number of nitrogen functional groups attached to an aromatic ring is 1. The zero-order valence-electron chi connectivity index (χ0n) is 11.0. The molecule has 0 aliphatic rings. The number of H-pyrrole nitrogens is 1. The number of hydrogen-bond donors (Lipinski definition) is 3. The Bertz CT molecular complexity index is 772. The Morgan fingerprint density at radius 2 is 1.95 bits per heavy atom. The van der Waals surface area contributed by atoms with Crippen LogP contribution < -0.4 is 11.1 Å². The summed E-state index contributed by atoms with van der Waals surface area (Å²) in [5.41, 5.74) is 7.45. The van der Waals surface area contributed by atoms with Crippen molar-refractivity contribution in [2.75, 3.05) is 11.1 Å². The summed E-state index contributed by atoms with van der Waals surface area (Å²) in [6.45, 7) is 1.76. The van der Waals surface area contributed by atoms with E-state index in [4.69, 9.17) is 5.73 Å². The summed E-state index contributed by atoms with van der Waals surface area (Å²) >= 11 is 0. The minimum absolute atomic E-state index is 0.209. The van der Waals surface area contributed by atoms with E-state index in [1.807, 2.05) is 42.5 Å². The fraction of sp³-hybridized carbons (Fsp3) is 0.0667. The van der Waals surface area contributed by atoms with E-state index in [2.05, 4.69) is 15.5 Å². The number of anilines is 2. The monoisotopic (exact) mass is 266 g/mol. The molecule has 100 valence electrons. The molecule has 1 amide bonds. The van der Waals surface area contributed by atoms with Crippen molar-refractivity contribution in [3.05, 3.63) is 53.7 Å². The van der Waals surface area contributed by atoms with Crippen molar-refractivity contribution < 1.29 is 4.79 Å². The number of rotatable bonds is 2. The molecule has 0 saturated carbocycles. The van der Waals surface area contributed by atoms with E-state index in [-0.39, 0.29) is 11.7 Å². The van der Waals surface area contributed by atoms with Crippen LogP contribution >= 0.6 is 0 Å². The maximum atomic E-state index is 12.2. The van der Waals surface area contributed by atoms with Crippen molar-refractivity contribution >= 4 is 28.2 Å². The van der Waals surface area contributed by atoms with E-state index >= 15 is 0 Å². The van der Waals surface area contributed by atoms with E-state index in [1.165, 1.54) is 0 Å². The standard InChI is InChI=1S/C15H14N4O/c1-9-13(14(16)19-18-9)15(20)17-12-7-6-10-4-2-3-5-11(10)8-12/h2-8H,1H3,(H,17,20)(H3,16,18,19). The normalized spacial score (nSPS) is 10.7. The van der Waals surface area contributed by atoms with Gasteiger partial charge in [0.2, 0.25) is 0 Å². The van der Waals surface area contributed by atoms with Crippen LogP contribution in [-0.4, -0.2) is 16.1 Å². The van der Waals surface area contributed by atoms with Crippen molar-refractivity contribution in [2.45, 2.75) is 6.92 Å². The number of nitrogens with zero attached hydrogens (tertiary/aromatic N) is 1. The summed E-state index contributed by atoms with van der Waals surface area (Å²) in [5.74, 6) is -0.0511. The first-order chi connectivity index (χ1) is 9.65. The molecule has 0 spiro atoms. The molecule has 3 rings (SSSR count). The molecule has 1 aromatic heterocycles. The number of aromatic amines is 1. The summed E-state index contributed by atoms with van der Waals surface area (Å²) in [7, 11) is 0. The molecule has 4 N–H and O–H groups in total. The summed E-state index contributed by atoms with van der Waals surface area (Å²) in [5, 5.41) is 11.6. The number of hydrogen-bond acceptors (Lipinski definition) is 3. The predicted molar refractivity (Wildman–Crippen MR) is 79.6 cm³/mol. The van der Waals surface area contributed by atoms with Crippen LogP contribution in [0.15, 0.2) is 42.5 Å². The van der Waals surface area contributed by atoms with Gasteiger partial charge < -0.3 is 11.1 Å². The average molecular weight is 266 g/mol. The van der Waals surface area contributed by atoms with Gasteiger partial charge in [-0.15, -0.1) is 0 Å². The van der Waals surface area contributed by atoms with E-state index in [9.17, 15) is 4.79 Å². The molecular formula is C15H14N4O. The molecule has 3 aromatic rings. The maximum Gasteiger partial charge on any atom is 0.261 e. The van der Waals surface area contributed by atoms with Crippen molar-refractivity contribution in [3.8, 4) is 0 Å². The summed E-state index contributed by atoms with van der Waals surface area (Å²) in [6, 6.07) is 13.7. The van der Waals surface area contributed by atoms with Gasteiger partial charge in [-0.1, -0.05) is 30.3 Å². The molecule has 0 atom stereocenters. The van der Waals surface area contributed by atoms with E-state index in [0.717, 1.165) is 16.5 Å². The van der Waals surface area contributed by atoms with Crippen LogP contribution in [-0.2, 0) is 0 Å². The van der Waals surface area contributed by atoms with Crippen LogP contribution in [0.4, 0.5) is 11.5 Å². The molecule has 0 saturated heterocycles. The third-order valence-corrected chi connectivity index (χ3v) is 3.21. The molecule has 0 bridgehead atoms. The third kappa shape index (κ3) is 2.09. The number of carbonyl (C=O) groups excluding carboxylic acids is 1. The zero-order chi connectivity index (χ0) is 14.1. The lowest BCUT2D eigenvalue weighted by Crippen LogP contribution is -2.14. The zero-order valence-corrected chi connectivity index (χ0v) is 11.0. The smallest absolute Gasteiger partial charge is 0.261 e. The Labute approximate surface area is 115 Å². The minimum atomic E-state index is -0.260. The first-order valence-corrected chi connectivity index (χ1v) is 6.26. The maximum absolute atomic E-state index is 12.2. The highest BCUT2D eigenvalue weighted by Gasteiger charge is 2.16. The van der Waals surface area contributed by atoms with Crippen LogP contribution in [0.25, 0.3) is 10.8 Å². The second-order valence-electron chi connectivity index (χ2n) is 4.62. The van der Waals surface area contributed by atoms with Crippen LogP contribution in [0.2, 0.25) is 0 Å². The molecule has 0 unspecified atom stereocenters. The number of aromatic nitrogens is 2. The van der Waals surface area contributed by atoms with Gasteiger partial charge in [-0.25, -0.2) is 0 Å². The molecule has 1 heterocycles. The Kier molecular flexibility index (Phi) is 2.87. The van der Waals surface area contributed by atoms with Crippen LogP contribution in [0.5, 0.6) is 0 Å². The Morgan fingerprint density at radius 1 is 1.20 bits per heavy atom. The van der Waals surface area contributed by atoms with Gasteiger partial charge in [0.05, 0.1) is 0 Å². The van der Waals surface area contributed by atoms with E-state index < -0.39 is 0 Å². The number of fused-ring (bicyclic) bond motifs is 1. The van der Waals surface area contributed by atoms with Crippen LogP contribution in [0.3, 0.4) is 0 Å². The van der Waals surface area contributed by atoms with E-state index in [1.54, 1.807) is 6.92 Å². The highest BCUT2D eigenvalue weighted by atomic mass is 16.1. The van der Waals surface area contributed by atoms with Crippen molar-refractivity contribution in [2.24, 2.45) is 0 Å². The molecule has 0 aliphatic carbocycles. The van der Waals surface area contributed by atoms with Gasteiger partial charge in [0.1, 0.15) is 5.56 Å². The third-order valence-electron chi connectivity index (χ3n) is 3.21. The minimum Gasteiger partial charge on any atom is -0.382 e. The molecule has 5 nitrogen and oxygen atoms in total. The van der Waals surface area contributed by atoms with Gasteiger partial charge in [-0.05, 0) is 29.8 Å². The Morgan fingerprint density at radius 3 is 2.65 bits per heavy atom. The molecule has 0 radical (unpaired) electrons. The number of aryl methyl sites for hydroxylation is 1. The first kappa shape index (κ1) is 12.2. The number of carbonyl (C=O) groups is 1. The predicted octanol–water partition coefficient (Wildman–Crippen LogP) is 2.71.